The molecule has 0 aliphatic carbocycles. The van der Waals surface area contributed by atoms with Gasteiger partial charge in [-0.2, -0.15) is 9.49 Å². The molecule has 0 aromatic carbocycles. The highest BCUT2D eigenvalue weighted by molar-refractivity contribution is 5.06. The van der Waals surface area contributed by atoms with E-state index >= 15 is 0 Å². The molecule has 1 aromatic heterocycles. The maximum atomic E-state index is 13.2. The maximum absolute atomic E-state index is 13.2. The van der Waals surface area contributed by atoms with Gasteiger partial charge in [0.15, 0.2) is 0 Å². The summed E-state index contributed by atoms with van der Waals surface area (Å²) in [5.41, 5.74) is 0.638. The van der Waals surface area contributed by atoms with E-state index in [0.717, 1.165) is 6.54 Å². The van der Waals surface area contributed by atoms with Crippen LogP contribution >= 0.6 is 0 Å². The quantitative estimate of drug-likeness (QED) is 0.736. The van der Waals surface area contributed by atoms with Gasteiger partial charge in [0.05, 0.1) is 6.20 Å². The fourth-order valence-corrected chi connectivity index (χ4v) is 1.01. The fraction of sp³-hybridized carbons (Fsp3) is 0.625. The van der Waals surface area contributed by atoms with E-state index in [4.69, 9.17) is 0 Å². The minimum atomic E-state index is -0.224. The third kappa shape index (κ3) is 1.82. The summed E-state index contributed by atoms with van der Waals surface area (Å²) < 4.78 is 14.6. The second-order valence-electron chi connectivity index (χ2n) is 2.56. The first-order valence-electron chi connectivity index (χ1n) is 4.20. The highest BCUT2D eigenvalue weighted by Gasteiger charge is 2.07. The van der Waals surface area contributed by atoms with E-state index in [9.17, 15) is 4.39 Å². The molecule has 1 aromatic rings. The van der Waals surface area contributed by atoms with Crippen molar-refractivity contribution in [2.24, 2.45) is 0 Å². The molecule has 0 radical (unpaired) electrons. The van der Waals surface area contributed by atoms with Gasteiger partial charge in [-0.3, -0.25) is 0 Å². The van der Waals surface area contributed by atoms with Gasteiger partial charge in [-0.25, -0.2) is 4.68 Å². The van der Waals surface area contributed by atoms with Crippen molar-refractivity contribution in [2.45, 2.75) is 26.9 Å². The lowest BCUT2D eigenvalue weighted by Gasteiger charge is -1.98. The first kappa shape index (κ1) is 9.19. The van der Waals surface area contributed by atoms with Gasteiger partial charge in [0, 0.05) is 18.7 Å². The van der Waals surface area contributed by atoms with Crippen LogP contribution in [0.25, 0.3) is 0 Å². The molecule has 1 N–H and O–H groups in total. The molecule has 1 heterocycles. The van der Waals surface area contributed by atoms with Crippen LogP contribution in [0.5, 0.6) is 0 Å². The number of hydrogen-bond acceptors (Lipinski definition) is 2. The summed E-state index contributed by atoms with van der Waals surface area (Å²) in [5.74, 6) is -0.224. The lowest BCUT2D eigenvalue weighted by atomic mass is 10.3. The van der Waals surface area contributed by atoms with Crippen molar-refractivity contribution >= 4 is 0 Å². The van der Waals surface area contributed by atoms with Crippen LogP contribution in [-0.2, 0) is 13.1 Å². The molecule has 4 heteroatoms. The minimum absolute atomic E-state index is 0.224. The Bertz CT molecular complexity index is 244. The van der Waals surface area contributed by atoms with Crippen LogP contribution in [0.1, 0.15) is 19.4 Å². The van der Waals surface area contributed by atoms with Crippen LogP contribution in [0.15, 0.2) is 6.20 Å². The molecule has 1 rings (SSSR count). The summed E-state index contributed by atoms with van der Waals surface area (Å²) in [6, 6.07) is 0. The fourth-order valence-electron chi connectivity index (χ4n) is 1.01. The van der Waals surface area contributed by atoms with Gasteiger partial charge in [-0.05, 0) is 13.5 Å². The minimum Gasteiger partial charge on any atom is -0.313 e. The predicted octanol–water partition coefficient (Wildman–Crippen LogP) is 1.15. The van der Waals surface area contributed by atoms with Crippen LogP contribution in [0.2, 0.25) is 0 Å². The topological polar surface area (TPSA) is 29.9 Å². The van der Waals surface area contributed by atoms with Gasteiger partial charge >= 0.3 is 0 Å². The number of nitrogens with zero attached hydrogens (tertiary/aromatic N) is 2. The third-order valence-electron chi connectivity index (χ3n) is 1.71. The van der Waals surface area contributed by atoms with Gasteiger partial charge in [0.1, 0.15) is 0 Å². The Kier molecular flexibility index (Phi) is 3.22. The molecular formula is C8H14FN3. The molecule has 0 atom stereocenters. The van der Waals surface area contributed by atoms with Crippen molar-refractivity contribution in [3.63, 3.8) is 0 Å². The molecule has 0 bridgehead atoms. The molecule has 0 saturated carbocycles. The van der Waals surface area contributed by atoms with Crippen LogP contribution in [-0.4, -0.2) is 16.3 Å². The Morgan fingerprint density at radius 3 is 2.83 bits per heavy atom. The molecule has 3 nitrogen and oxygen atoms in total. The van der Waals surface area contributed by atoms with Crippen molar-refractivity contribution in [1.82, 2.24) is 15.1 Å². The first-order chi connectivity index (χ1) is 5.79. The summed E-state index contributed by atoms with van der Waals surface area (Å²) in [5, 5.41) is 6.94. The number of halogens is 1. The lowest BCUT2D eigenvalue weighted by molar-refractivity contribution is 0.461. The number of aromatic nitrogens is 2. The van der Waals surface area contributed by atoms with E-state index in [-0.39, 0.29) is 5.95 Å². The highest BCUT2D eigenvalue weighted by Crippen LogP contribution is 2.05. The van der Waals surface area contributed by atoms with Gasteiger partial charge in [-0.1, -0.05) is 6.92 Å². The molecule has 0 saturated heterocycles. The zero-order valence-electron chi connectivity index (χ0n) is 7.47. The maximum Gasteiger partial charge on any atom is 0.215 e. The number of nitrogens with one attached hydrogen (secondary N) is 1. The van der Waals surface area contributed by atoms with Crippen molar-refractivity contribution in [1.29, 1.82) is 0 Å². The van der Waals surface area contributed by atoms with E-state index in [1.165, 1.54) is 4.68 Å². The average Bonchev–Trinajstić information content (AvgIpc) is 2.43. The summed E-state index contributed by atoms with van der Waals surface area (Å²) in [7, 11) is 0. The SMILES string of the molecule is CCNCc1cnn(CC)c1F. The van der Waals surface area contributed by atoms with Crippen molar-refractivity contribution < 1.29 is 4.39 Å². The molecule has 0 aliphatic heterocycles. The number of hydrogen-bond donors (Lipinski definition) is 1. The molecule has 0 fully saturated rings. The molecule has 12 heavy (non-hydrogen) atoms. The zero-order chi connectivity index (χ0) is 8.97. The largest absolute Gasteiger partial charge is 0.313 e. The summed E-state index contributed by atoms with van der Waals surface area (Å²) in [4.78, 5) is 0. The number of aryl methyl sites for hydroxylation is 1. The molecule has 0 spiro atoms. The molecular weight excluding hydrogens is 157 g/mol. The zero-order valence-corrected chi connectivity index (χ0v) is 7.47. The smallest absolute Gasteiger partial charge is 0.215 e. The van der Waals surface area contributed by atoms with E-state index in [2.05, 4.69) is 10.4 Å². The van der Waals surface area contributed by atoms with Crippen molar-refractivity contribution in [3.05, 3.63) is 17.7 Å². The van der Waals surface area contributed by atoms with Crippen LogP contribution in [0.4, 0.5) is 4.39 Å². The summed E-state index contributed by atoms with van der Waals surface area (Å²) in [6.45, 7) is 5.84. The Balaban J connectivity index is 2.66. The van der Waals surface area contributed by atoms with E-state index in [1.807, 2.05) is 13.8 Å². The Morgan fingerprint density at radius 1 is 1.58 bits per heavy atom. The van der Waals surface area contributed by atoms with Gasteiger partial charge < -0.3 is 5.32 Å². The van der Waals surface area contributed by atoms with Crippen LogP contribution in [0.3, 0.4) is 0 Å². The number of rotatable bonds is 4. The molecule has 0 unspecified atom stereocenters. The standard InChI is InChI=1S/C8H14FN3/c1-3-10-5-7-6-11-12(4-2)8(7)9/h6,10H,3-5H2,1-2H3. The van der Waals surface area contributed by atoms with Crippen LogP contribution in [0, 0.1) is 5.95 Å². The van der Waals surface area contributed by atoms with E-state index < -0.39 is 0 Å². The third-order valence-corrected chi connectivity index (χ3v) is 1.71. The summed E-state index contributed by atoms with van der Waals surface area (Å²) >= 11 is 0. The average molecular weight is 171 g/mol. The Labute approximate surface area is 71.6 Å². The van der Waals surface area contributed by atoms with Gasteiger partial charge in [-0.15, -0.1) is 0 Å². The Hall–Kier alpha value is -0.900. The second kappa shape index (κ2) is 4.21. The normalized spacial score (nSPS) is 10.6. The van der Waals surface area contributed by atoms with Crippen molar-refractivity contribution in [3.8, 4) is 0 Å². The van der Waals surface area contributed by atoms with Crippen molar-refractivity contribution in [2.75, 3.05) is 6.54 Å². The lowest BCUT2D eigenvalue weighted by Crippen LogP contribution is -2.12. The highest BCUT2D eigenvalue weighted by atomic mass is 19.1. The molecule has 0 aliphatic rings. The summed E-state index contributed by atoms with van der Waals surface area (Å²) in [6.07, 6.45) is 1.57. The van der Waals surface area contributed by atoms with Gasteiger partial charge in [0.2, 0.25) is 5.95 Å². The van der Waals surface area contributed by atoms with E-state index in [1.54, 1.807) is 6.20 Å². The predicted molar refractivity (Wildman–Crippen MR) is 45.2 cm³/mol. The van der Waals surface area contributed by atoms with E-state index in [0.29, 0.717) is 18.7 Å². The molecule has 68 valence electrons. The Morgan fingerprint density at radius 2 is 2.33 bits per heavy atom. The monoisotopic (exact) mass is 171 g/mol. The van der Waals surface area contributed by atoms with Crippen LogP contribution < -0.4 is 5.32 Å². The molecule has 0 amide bonds. The van der Waals surface area contributed by atoms with Gasteiger partial charge in [0.25, 0.3) is 0 Å². The first-order valence-corrected chi connectivity index (χ1v) is 4.20. The second-order valence-corrected chi connectivity index (χ2v) is 2.56.